The predicted octanol–water partition coefficient (Wildman–Crippen LogP) is 4.31. The second kappa shape index (κ2) is 8.31. The molecule has 0 heterocycles. The van der Waals surface area contributed by atoms with E-state index in [-0.39, 0.29) is 16.5 Å². The van der Waals surface area contributed by atoms with E-state index < -0.39 is 12.1 Å². The van der Waals surface area contributed by atoms with Crippen LogP contribution in [0.25, 0.3) is 0 Å². The van der Waals surface area contributed by atoms with E-state index in [1.807, 2.05) is 30.3 Å². The Bertz CT molecular complexity index is 736. The van der Waals surface area contributed by atoms with Gasteiger partial charge in [0, 0.05) is 18.1 Å². The third-order valence-corrected chi connectivity index (χ3v) is 4.24. The molecule has 0 aliphatic rings. The van der Waals surface area contributed by atoms with Crippen molar-refractivity contribution in [2.24, 2.45) is 0 Å². The smallest absolute Gasteiger partial charge is 0.340 e. The van der Waals surface area contributed by atoms with E-state index >= 15 is 0 Å². The summed E-state index contributed by atoms with van der Waals surface area (Å²) in [6.07, 6.45) is -0.902. The fourth-order valence-corrected chi connectivity index (χ4v) is 2.73. The number of halogens is 2. The van der Waals surface area contributed by atoms with Crippen molar-refractivity contribution in [1.82, 2.24) is 4.90 Å². The topological polar surface area (TPSA) is 46.6 Å². The molecule has 2 aromatic rings. The van der Waals surface area contributed by atoms with Crippen LogP contribution in [0.5, 0.6) is 0 Å². The monoisotopic (exact) mass is 409 g/mol. The number of likely N-dealkylation sites (N-methyl/N-ethyl adjacent to an activating group) is 1. The molecule has 0 saturated carbocycles. The first-order valence-electron chi connectivity index (χ1n) is 7.33. The summed E-state index contributed by atoms with van der Waals surface area (Å²) in [6, 6.07) is 14.5. The summed E-state index contributed by atoms with van der Waals surface area (Å²) in [5.74, 6) is -0.909. The molecule has 24 heavy (non-hydrogen) atoms. The van der Waals surface area contributed by atoms with E-state index in [9.17, 15) is 9.59 Å². The predicted molar refractivity (Wildman–Crippen MR) is 96.9 cm³/mol. The van der Waals surface area contributed by atoms with E-state index in [4.69, 9.17) is 16.3 Å². The van der Waals surface area contributed by atoms with Crippen LogP contribution in [-0.2, 0) is 16.1 Å². The quantitative estimate of drug-likeness (QED) is 0.690. The standard InChI is InChI=1S/C18H17BrClNO3/c1-12(17(22)21(2)11-13-6-4-3-5-7-13)24-18(23)15-10-14(19)8-9-16(15)20/h3-10,12H,11H2,1-2H3/t12-/m1/s1. The fraction of sp³-hybridized carbons (Fsp3) is 0.222. The van der Waals surface area contributed by atoms with Gasteiger partial charge in [-0.05, 0) is 30.7 Å². The second-order valence-electron chi connectivity index (χ2n) is 5.35. The molecule has 6 heteroatoms. The number of rotatable bonds is 5. The number of ether oxygens (including phenoxy) is 1. The number of nitrogens with zero attached hydrogens (tertiary/aromatic N) is 1. The van der Waals surface area contributed by atoms with Crippen LogP contribution in [0.3, 0.4) is 0 Å². The van der Waals surface area contributed by atoms with Crippen molar-refractivity contribution in [3.05, 3.63) is 69.2 Å². The van der Waals surface area contributed by atoms with Gasteiger partial charge in [0.25, 0.3) is 5.91 Å². The van der Waals surface area contributed by atoms with Gasteiger partial charge in [-0.1, -0.05) is 57.9 Å². The molecule has 2 rings (SSSR count). The molecule has 0 radical (unpaired) electrons. The summed E-state index contributed by atoms with van der Waals surface area (Å²) in [5, 5.41) is 0.278. The average Bonchev–Trinajstić information content (AvgIpc) is 2.57. The van der Waals surface area contributed by atoms with Gasteiger partial charge < -0.3 is 9.64 Å². The highest BCUT2D eigenvalue weighted by Crippen LogP contribution is 2.22. The minimum absolute atomic E-state index is 0.219. The molecule has 126 valence electrons. The van der Waals surface area contributed by atoms with E-state index in [0.717, 1.165) is 5.56 Å². The molecule has 1 amide bonds. The number of benzene rings is 2. The Labute approximate surface area is 154 Å². The highest BCUT2D eigenvalue weighted by molar-refractivity contribution is 9.10. The Morgan fingerprint density at radius 2 is 1.88 bits per heavy atom. The maximum atomic E-state index is 12.4. The molecular weight excluding hydrogens is 394 g/mol. The maximum absolute atomic E-state index is 12.4. The minimum atomic E-state index is -0.902. The Kier molecular flexibility index (Phi) is 6.40. The minimum Gasteiger partial charge on any atom is -0.449 e. The second-order valence-corrected chi connectivity index (χ2v) is 6.67. The van der Waals surface area contributed by atoms with Crippen LogP contribution in [0, 0.1) is 0 Å². The van der Waals surface area contributed by atoms with Crippen LogP contribution in [0.15, 0.2) is 53.0 Å². The zero-order valence-electron chi connectivity index (χ0n) is 13.3. The van der Waals surface area contributed by atoms with E-state index in [2.05, 4.69) is 15.9 Å². The maximum Gasteiger partial charge on any atom is 0.340 e. The molecule has 0 aliphatic heterocycles. The molecule has 0 spiro atoms. The lowest BCUT2D eigenvalue weighted by molar-refractivity contribution is -0.139. The number of hydrogen-bond donors (Lipinski definition) is 0. The SMILES string of the molecule is C[C@@H](OC(=O)c1cc(Br)ccc1Cl)C(=O)N(C)Cc1ccccc1. The fourth-order valence-electron chi connectivity index (χ4n) is 2.17. The summed E-state index contributed by atoms with van der Waals surface area (Å²) in [4.78, 5) is 26.1. The van der Waals surface area contributed by atoms with Crippen LogP contribution < -0.4 is 0 Å². The summed E-state index contributed by atoms with van der Waals surface area (Å²) >= 11 is 9.29. The molecule has 2 aromatic carbocycles. The van der Waals surface area contributed by atoms with Crippen molar-refractivity contribution in [2.45, 2.75) is 19.6 Å². The van der Waals surface area contributed by atoms with Gasteiger partial charge in [-0.15, -0.1) is 0 Å². The van der Waals surface area contributed by atoms with Crippen molar-refractivity contribution in [2.75, 3.05) is 7.05 Å². The van der Waals surface area contributed by atoms with Crippen LogP contribution in [0.4, 0.5) is 0 Å². The third kappa shape index (κ3) is 4.82. The first kappa shape index (κ1) is 18.5. The van der Waals surface area contributed by atoms with Gasteiger partial charge >= 0.3 is 5.97 Å². The molecule has 1 atom stereocenters. The lowest BCUT2D eigenvalue weighted by Gasteiger charge is -2.21. The molecule has 4 nitrogen and oxygen atoms in total. The molecule has 0 fully saturated rings. The van der Waals surface area contributed by atoms with E-state index in [1.54, 1.807) is 32.2 Å². The van der Waals surface area contributed by atoms with Gasteiger partial charge in [-0.3, -0.25) is 4.79 Å². The molecule has 0 bridgehead atoms. The number of amides is 1. The molecule has 0 N–H and O–H groups in total. The molecule has 0 aliphatic carbocycles. The summed E-state index contributed by atoms with van der Waals surface area (Å²) < 4.78 is 5.96. The van der Waals surface area contributed by atoms with Gasteiger partial charge in [0.2, 0.25) is 0 Å². The van der Waals surface area contributed by atoms with Gasteiger partial charge in [0.1, 0.15) is 0 Å². The lowest BCUT2D eigenvalue weighted by Crippen LogP contribution is -2.37. The summed E-state index contributed by atoms with van der Waals surface area (Å²) in [7, 11) is 1.67. The summed E-state index contributed by atoms with van der Waals surface area (Å²) in [6.45, 7) is 1.99. The molecule has 0 unspecified atom stereocenters. The number of carbonyl (C=O) groups is 2. The molecule has 0 aromatic heterocycles. The number of hydrogen-bond acceptors (Lipinski definition) is 3. The number of esters is 1. The van der Waals surface area contributed by atoms with Crippen LogP contribution in [0.1, 0.15) is 22.8 Å². The number of carbonyl (C=O) groups excluding carboxylic acids is 2. The highest BCUT2D eigenvalue weighted by atomic mass is 79.9. The van der Waals surface area contributed by atoms with Crippen molar-refractivity contribution in [3.63, 3.8) is 0 Å². The Morgan fingerprint density at radius 1 is 1.21 bits per heavy atom. The van der Waals surface area contributed by atoms with Crippen molar-refractivity contribution in [3.8, 4) is 0 Å². The lowest BCUT2D eigenvalue weighted by atomic mass is 10.2. The van der Waals surface area contributed by atoms with Crippen LogP contribution in [0.2, 0.25) is 5.02 Å². The van der Waals surface area contributed by atoms with E-state index in [0.29, 0.717) is 11.0 Å². The molecule has 0 saturated heterocycles. The first-order valence-corrected chi connectivity index (χ1v) is 8.50. The molecular formula is C18H17BrClNO3. The average molecular weight is 411 g/mol. The third-order valence-electron chi connectivity index (χ3n) is 3.42. The first-order chi connectivity index (χ1) is 11.4. The van der Waals surface area contributed by atoms with Gasteiger partial charge in [-0.2, -0.15) is 0 Å². The highest BCUT2D eigenvalue weighted by Gasteiger charge is 2.23. The van der Waals surface area contributed by atoms with Crippen molar-refractivity contribution in [1.29, 1.82) is 0 Å². The van der Waals surface area contributed by atoms with Gasteiger partial charge in [-0.25, -0.2) is 4.79 Å². The van der Waals surface area contributed by atoms with Crippen LogP contribution >= 0.6 is 27.5 Å². The Hall–Kier alpha value is -1.85. The zero-order valence-corrected chi connectivity index (χ0v) is 15.7. The van der Waals surface area contributed by atoms with Gasteiger partial charge in [0.15, 0.2) is 6.10 Å². The van der Waals surface area contributed by atoms with Gasteiger partial charge in [0.05, 0.1) is 10.6 Å². The largest absolute Gasteiger partial charge is 0.449 e. The van der Waals surface area contributed by atoms with Crippen LogP contribution in [-0.4, -0.2) is 29.9 Å². The zero-order chi connectivity index (χ0) is 17.7. The normalized spacial score (nSPS) is 11.7. The Morgan fingerprint density at radius 3 is 2.54 bits per heavy atom. The van der Waals surface area contributed by atoms with E-state index in [1.165, 1.54) is 4.90 Å². The Balaban J connectivity index is 2.00. The summed E-state index contributed by atoms with van der Waals surface area (Å²) in [5.41, 5.74) is 1.22. The van der Waals surface area contributed by atoms with Crippen molar-refractivity contribution < 1.29 is 14.3 Å². The van der Waals surface area contributed by atoms with Crippen molar-refractivity contribution >= 4 is 39.4 Å².